The summed E-state index contributed by atoms with van der Waals surface area (Å²) in [6, 6.07) is 27.0. The number of carbonyl (C=O) groups excluding carboxylic acids is 3. The van der Waals surface area contributed by atoms with E-state index in [1.54, 1.807) is 61.5 Å². The minimum absolute atomic E-state index is 0.152. The van der Waals surface area contributed by atoms with Gasteiger partial charge in [-0.05, 0) is 80.4 Å². The SMILES string of the molecule is Cc1ccc(C)c(NC(=O)C(C)Sc2cccc(NC(=O)/C(=C\c3ccccc3[N+](=O)[O-])NC(=O)c3ccccc3)c2)c1. The Morgan fingerprint density at radius 2 is 1.58 bits per heavy atom. The normalized spacial score (nSPS) is 11.7. The van der Waals surface area contributed by atoms with Crippen molar-refractivity contribution in [2.75, 3.05) is 10.6 Å². The summed E-state index contributed by atoms with van der Waals surface area (Å²) in [5, 5.41) is 19.5. The van der Waals surface area contributed by atoms with E-state index in [9.17, 15) is 24.5 Å². The van der Waals surface area contributed by atoms with E-state index in [1.165, 1.54) is 36.0 Å². The number of para-hydroxylation sites is 1. The number of thioether (sulfide) groups is 1. The highest BCUT2D eigenvalue weighted by molar-refractivity contribution is 8.00. The van der Waals surface area contributed by atoms with Crippen molar-refractivity contribution < 1.29 is 19.3 Å². The van der Waals surface area contributed by atoms with Gasteiger partial charge in [-0.15, -0.1) is 11.8 Å². The lowest BCUT2D eigenvalue weighted by Crippen LogP contribution is -2.30. The smallest absolute Gasteiger partial charge is 0.276 e. The lowest BCUT2D eigenvalue weighted by Gasteiger charge is -2.15. The molecule has 10 heteroatoms. The van der Waals surface area contributed by atoms with Crippen LogP contribution >= 0.6 is 11.8 Å². The highest BCUT2D eigenvalue weighted by Crippen LogP contribution is 2.28. The molecule has 4 rings (SSSR count). The average molecular weight is 595 g/mol. The van der Waals surface area contributed by atoms with Gasteiger partial charge >= 0.3 is 0 Å². The van der Waals surface area contributed by atoms with Crippen molar-refractivity contribution in [3.05, 3.63) is 135 Å². The van der Waals surface area contributed by atoms with Crippen LogP contribution in [0.5, 0.6) is 0 Å². The topological polar surface area (TPSA) is 130 Å². The van der Waals surface area contributed by atoms with Crippen molar-refractivity contribution >= 4 is 52.6 Å². The largest absolute Gasteiger partial charge is 0.325 e. The number of nitro groups is 1. The first-order valence-electron chi connectivity index (χ1n) is 13.4. The molecule has 0 heterocycles. The van der Waals surface area contributed by atoms with E-state index in [4.69, 9.17) is 0 Å². The van der Waals surface area contributed by atoms with E-state index in [1.807, 2.05) is 38.1 Å². The van der Waals surface area contributed by atoms with Crippen molar-refractivity contribution in [1.29, 1.82) is 0 Å². The van der Waals surface area contributed by atoms with Gasteiger partial charge in [0.15, 0.2) is 0 Å². The summed E-state index contributed by atoms with van der Waals surface area (Å²) in [6.07, 6.45) is 1.27. The number of aryl methyl sites for hydroxylation is 2. The monoisotopic (exact) mass is 594 g/mol. The molecule has 0 aromatic heterocycles. The predicted octanol–water partition coefficient (Wildman–Crippen LogP) is 6.74. The van der Waals surface area contributed by atoms with Crippen LogP contribution in [0.2, 0.25) is 0 Å². The summed E-state index contributed by atoms with van der Waals surface area (Å²) in [7, 11) is 0. The van der Waals surface area contributed by atoms with Crippen LogP contribution in [0.1, 0.15) is 34.0 Å². The van der Waals surface area contributed by atoms with Crippen LogP contribution in [0.25, 0.3) is 6.08 Å². The number of amides is 3. The zero-order valence-corrected chi connectivity index (χ0v) is 24.6. The van der Waals surface area contributed by atoms with E-state index >= 15 is 0 Å². The highest BCUT2D eigenvalue weighted by atomic mass is 32.2. The number of hydrogen-bond donors (Lipinski definition) is 3. The van der Waals surface area contributed by atoms with Crippen LogP contribution in [0, 0.1) is 24.0 Å². The third-order valence-electron chi connectivity index (χ3n) is 6.39. The fourth-order valence-corrected chi connectivity index (χ4v) is 5.01. The predicted molar refractivity (Wildman–Crippen MR) is 170 cm³/mol. The summed E-state index contributed by atoms with van der Waals surface area (Å²) in [5.74, 6) is -1.38. The maximum atomic E-state index is 13.4. The molecule has 1 unspecified atom stereocenters. The minimum Gasteiger partial charge on any atom is -0.325 e. The molecule has 0 saturated heterocycles. The Morgan fingerprint density at radius 1 is 0.860 bits per heavy atom. The van der Waals surface area contributed by atoms with Crippen molar-refractivity contribution in [1.82, 2.24) is 5.32 Å². The molecule has 0 radical (unpaired) electrons. The first-order chi connectivity index (χ1) is 20.6. The van der Waals surface area contributed by atoms with Crippen LogP contribution < -0.4 is 16.0 Å². The van der Waals surface area contributed by atoms with Gasteiger partial charge in [-0.2, -0.15) is 0 Å². The van der Waals surface area contributed by atoms with E-state index in [2.05, 4.69) is 16.0 Å². The van der Waals surface area contributed by atoms with Gasteiger partial charge in [0.05, 0.1) is 15.7 Å². The number of rotatable bonds is 10. The number of anilines is 2. The molecular formula is C33H30N4O5S. The molecule has 1 atom stereocenters. The van der Waals surface area contributed by atoms with Gasteiger partial charge in [0.1, 0.15) is 5.70 Å². The second kappa shape index (κ2) is 14.1. The Morgan fingerprint density at radius 3 is 2.33 bits per heavy atom. The van der Waals surface area contributed by atoms with Crippen molar-refractivity contribution in [2.24, 2.45) is 0 Å². The Hall–Kier alpha value is -5.22. The molecule has 218 valence electrons. The van der Waals surface area contributed by atoms with E-state index < -0.39 is 22.0 Å². The van der Waals surface area contributed by atoms with Crippen LogP contribution in [-0.2, 0) is 9.59 Å². The van der Waals surface area contributed by atoms with Gasteiger partial charge in [0, 0.05) is 27.9 Å². The number of benzene rings is 4. The third kappa shape index (κ3) is 8.40. The van der Waals surface area contributed by atoms with Gasteiger partial charge < -0.3 is 16.0 Å². The highest BCUT2D eigenvalue weighted by Gasteiger charge is 2.19. The zero-order chi connectivity index (χ0) is 30.9. The van der Waals surface area contributed by atoms with Crippen LogP contribution in [0.3, 0.4) is 0 Å². The van der Waals surface area contributed by atoms with Crippen LogP contribution in [0.15, 0.2) is 108 Å². The number of nitrogens with zero attached hydrogens (tertiary/aromatic N) is 1. The van der Waals surface area contributed by atoms with Gasteiger partial charge in [-0.3, -0.25) is 24.5 Å². The Kier molecular flexibility index (Phi) is 10.1. The van der Waals surface area contributed by atoms with Crippen LogP contribution in [-0.4, -0.2) is 27.9 Å². The molecule has 3 N–H and O–H groups in total. The number of carbonyl (C=O) groups is 3. The van der Waals surface area contributed by atoms with Crippen LogP contribution in [0.4, 0.5) is 17.1 Å². The van der Waals surface area contributed by atoms with Crippen molar-refractivity contribution in [2.45, 2.75) is 30.9 Å². The van der Waals surface area contributed by atoms with Gasteiger partial charge in [0.2, 0.25) is 5.91 Å². The second-order valence-corrected chi connectivity index (χ2v) is 11.2. The molecule has 0 aliphatic rings. The summed E-state index contributed by atoms with van der Waals surface area (Å²) < 4.78 is 0. The first-order valence-corrected chi connectivity index (χ1v) is 14.3. The Bertz CT molecular complexity index is 1700. The quantitative estimate of drug-likeness (QED) is 0.0807. The molecule has 9 nitrogen and oxygen atoms in total. The van der Waals surface area contributed by atoms with E-state index in [-0.39, 0.29) is 22.9 Å². The third-order valence-corrected chi connectivity index (χ3v) is 7.48. The fraction of sp³-hybridized carbons (Fsp3) is 0.121. The molecule has 4 aromatic rings. The summed E-state index contributed by atoms with van der Waals surface area (Å²) in [4.78, 5) is 51.0. The maximum Gasteiger partial charge on any atom is 0.276 e. The lowest BCUT2D eigenvalue weighted by molar-refractivity contribution is -0.385. The molecule has 0 aliphatic carbocycles. The molecular weight excluding hydrogens is 564 g/mol. The molecule has 3 amide bonds. The van der Waals surface area contributed by atoms with Crippen molar-refractivity contribution in [3.63, 3.8) is 0 Å². The number of nitrogens with one attached hydrogen (secondary N) is 3. The number of hydrogen-bond acceptors (Lipinski definition) is 6. The molecule has 4 aromatic carbocycles. The van der Waals surface area contributed by atoms with E-state index in [0.717, 1.165) is 21.7 Å². The Labute approximate surface area is 253 Å². The number of nitro benzene ring substituents is 1. The summed E-state index contributed by atoms with van der Waals surface area (Å²) in [5.41, 5.74) is 3.25. The maximum absolute atomic E-state index is 13.4. The lowest BCUT2D eigenvalue weighted by atomic mass is 10.1. The molecule has 0 aliphatic heterocycles. The fourth-order valence-electron chi connectivity index (χ4n) is 4.08. The summed E-state index contributed by atoms with van der Waals surface area (Å²) >= 11 is 1.32. The zero-order valence-electron chi connectivity index (χ0n) is 23.8. The standard InChI is InChI=1S/C33H30N4O5S/c1-21-16-17-22(2)28(18-21)35-31(38)23(3)43-27-14-9-13-26(20-27)34-33(40)29(36-32(39)24-10-5-4-6-11-24)19-25-12-7-8-15-30(25)37(41)42/h4-20,23H,1-3H3,(H,34,40)(H,35,38)(H,36,39)/b29-19+. The molecule has 0 fully saturated rings. The second-order valence-electron chi connectivity index (χ2n) is 9.74. The first kappa shape index (κ1) is 30.7. The van der Waals surface area contributed by atoms with E-state index in [0.29, 0.717) is 11.3 Å². The average Bonchev–Trinajstić information content (AvgIpc) is 2.99. The minimum atomic E-state index is -0.676. The molecule has 0 spiro atoms. The Balaban J connectivity index is 1.53. The van der Waals surface area contributed by atoms with Gasteiger partial charge in [-0.1, -0.05) is 48.5 Å². The molecule has 43 heavy (non-hydrogen) atoms. The van der Waals surface area contributed by atoms with Gasteiger partial charge in [-0.25, -0.2) is 0 Å². The molecule has 0 bridgehead atoms. The van der Waals surface area contributed by atoms with Crippen molar-refractivity contribution in [3.8, 4) is 0 Å². The summed E-state index contributed by atoms with van der Waals surface area (Å²) in [6.45, 7) is 5.69. The van der Waals surface area contributed by atoms with Gasteiger partial charge in [0.25, 0.3) is 17.5 Å². The molecule has 0 saturated carbocycles.